The molecule has 0 saturated carbocycles. The van der Waals surface area contributed by atoms with Gasteiger partial charge in [-0.05, 0) is 59.7 Å². The molecular weight excluding hydrogens is 476 g/mol. The molecule has 0 saturated heterocycles. The second-order valence-electron chi connectivity index (χ2n) is 8.91. The van der Waals surface area contributed by atoms with Gasteiger partial charge in [0, 0.05) is 41.5 Å². The highest BCUT2D eigenvalue weighted by Crippen LogP contribution is 2.30. The van der Waals surface area contributed by atoms with E-state index >= 15 is 0 Å². The quantitative estimate of drug-likeness (QED) is 0.431. The molecule has 3 aromatic rings. The summed E-state index contributed by atoms with van der Waals surface area (Å²) in [4.78, 5) is 44.2. The van der Waals surface area contributed by atoms with Gasteiger partial charge in [-0.25, -0.2) is 0 Å². The van der Waals surface area contributed by atoms with Crippen molar-refractivity contribution in [3.05, 3.63) is 106 Å². The number of nitrogen functional groups attached to an aromatic ring is 1. The number of halogens is 1. The molecule has 0 radical (unpaired) electrons. The molecule has 2 aliphatic heterocycles. The Kier molecular flexibility index (Phi) is 6.48. The zero-order valence-electron chi connectivity index (χ0n) is 19.6. The molecular formula is C28H25ClN4O3. The molecule has 2 aliphatic rings. The third kappa shape index (κ3) is 4.83. The van der Waals surface area contributed by atoms with Crippen LogP contribution in [-0.4, -0.2) is 47.2 Å². The van der Waals surface area contributed by atoms with E-state index in [-0.39, 0.29) is 37.4 Å². The standard InChI is InChI=1S/C28H25ClN4O3/c29-23-10-7-21(8-11-23)28(36)32-17-22-9-12-24(30)15-25(22)33(26(34)18-32)16-19-3-5-20(6-4-19)27(35)31-13-1-2-14-31/h1-12,15H,13-14,16-18,30H2. The van der Waals surface area contributed by atoms with E-state index in [0.717, 1.165) is 11.1 Å². The zero-order chi connectivity index (χ0) is 25.2. The van der Waals surface area contributed by atoms with Crippen molar-refractivity contribution in [1.82, 2.24) is 9.80 Å². The lowest BCUT2D eigenvalue weighted by molar-refractivity contribution is -0.119. The normalized spacial score (nSPS) is 15.1. The largest absolute Gasteiger partial charge is 0.399 e. The fourth-order valence-corrected chi connectivity index (χ4v) is 4.59. The molecule has 0 bridgehead atoms. The Balaban J connectivity index is 1.39. The molecule has 36 heavy (non-hydrogen) atoms. The summed E-state index contributed by atoms with van der Waals surface area (Å²) in [5.74, 6) is -0.485. The summed E-state index contributed by atoms with van der Waals surface area (Å²) < 4.78 is 0. The number of fused-ring (bicyclic) bond motifs is 1. The van der Waals surface area contributed by atoms with E-state index in [1.165, 1.54) is 4.90 Å². The Bertz CT molecular complexity index is 1340. The maximum absolute atomic E-state index is 13.4. The number of nitrogens with zero attached hydrogens (tertiary/aromatic N) is 3. The second kappa shape index (κ2) is 9.87. The molecule has 0 spiro atoms. The summed E-state index contributed by atoms with van der Waals surface area (Å²) in [7, 11) is 0. The van der Waals surface area contributed by atoms with E-state index in [1.54, 1.807) is 58.3 Å². The maximum Gasteiger partial charge on any atom is 0.254 e. The van der Waals surface area contributed by atoms with Crippen LogP contribution in [0, 0.1) is 0 Å². The van der Waals surface area contributed by atoms with E-state index in [0.29, 0.717) is 40.6 Å². The average Bonchev–Trinajstić information content (AvgIpc) is 3.39. The molecule has 5 rings (SSSR count). The van der Waals surface area contributed by atoms with Gasteiger partial charge >= 0.3 is 0 Å². The fourth-order valence-electron chi connectivity index (χ4n) is 4.46. The number of carbonyl (C=O) groups is 3. The van der Waals surface area contributed by atoms with Gasteiger partial charge in [0.05, 0.1) is 12.2 Å². The average molecular weight is 501 g/mol. The van der Waals surface area contributed by atoms with Gasteiger partial charge in [0.2, 0.25) is 5.91 Å². The number of carbonyl (C=O) groups excluding carboxylic acids is 3. The summed E-state index contributed by atoms with van der Waals surface area (Å²) >= 11 is 5.97. The number of rotatable bonds is 4. The van der Waals surface area contributed by atoms with Crippen molar-refractivity contribution >= 4 is 40.7 Å². The van der Waals surface area contributed by atoms with Crippen LogP contribution in [-0.2, 0) is 17.9 Å². The van der Waals surface area contributed by atoms with E-state index in [1.807, 2.05) is 30.4 Å². The predicted molar refractivity (Wildman–Crippen MR) is 140 cm³/mol. The molecule has 0 fully saturated rings. The minimum atomic E-state index is -0.246. The van der Waals surface area contributed by atoms with Gasteiger partial charge < -0.3 is 20.4 Å². The first kappa shape index (κ1) is 23.6. The molecule has 7 nitrogen and oxygen atoms in total. The summed E-state index contributed by atoms with van der Waals surface area (Å²) in [5.41, 5.74) is 10.0. The SMILES string of the molecule is Nc1ccc2c(c1)N(Cc1ccc(C(=O)N3CC=CC3)cc1)C(=O)CN(C(=O)c1ccc(Cl)cc1)C2. The lowest BCUT2D eigenvalue weighted by atomic mass is 10.1. The van der Waals surface area contributed by atoms with Crippen molar-refractivity contribution in [1.29, 1.82) is 0 Å². The number of anilines is 2. The van der Waals surface area contributed by atoms with Crippen LogP contribution in [0.25, 0.3) is 0 Å². The molecule has 0 aromatic heterocycles. The third-order valence-electron chi connectivity index (χ3n) is 6.41. The summed E-state index contributed by atoms with van der Waals surface area (Å²) in [6.45, 7) is 1.72. The highest BCUT2D eigenvalue weighted by atomic mass is 35.5. The molecule has 8 heteroatoms. The Hall–Kier alpha value is -4.10. The van der Waals surface area contributed by atoms with Gasteiger partial charge in [-0.15, -0.1) is 0 Å². The van der Waals surface area contributed by atoms with Crippen LogP contribution in [0.5, 0.6) is 0 Å². The molecule has 2 heterocycles. The monoisotopic (exact) mass is 500 g/mol. The van der Waals surface area contributed by atoms with Crippen molar-refractivity contribution in [2.45, 2.75) is 13.1 Å². The smallest absolute Gasteiger partial charge is 0.254 e. The number of benzene rings is 3. The predicted octanol–water partition coefficient (Wildman–Crippen LogP) is 4.12. The molecule has 0 atom stereocenters. The van der Waals surface area contributed by atoms with E-state index in [4.69, 9.17) is 17.3 Å². The van der Waals surface area contributed by atoms with Crippen molar-refractivity contribution in [2.24, 2.45) is 0 Å². The maximum atomic E-state index is 13.4. The molecule has 3 amide bonds. The summed E-state index contributed by atoms with van der Waals surface area (Å²) in [6, 6.07) is 19.3. The van der Waals surface area contributed by atoms with E-state index in [9.17, 15) is 14.4 Å². The van der Waals surface area contributed by atoms with E-state index < -0.39 is 0 Å². The number of hydrogen-bond acceptors (Lipinski definition) is 4. The van der Waals surface area contributed by atoms with Gasteiger partial charge in [-0.3, -0.25) is 14.4 Å². The van der Waals surface area contributed by atoms with Crippen LogP contribution in [0.3, 0.4) is 0 Å². The molecule has 0 unspecified atom stereocenters. The Morgan fingerprint density at radius 3 is 2.08 bits per heavy atom. The topological polar surface area (TPSA) is 86.9 Å². The van der Waals surface area contributed by atoms with Crippen molar-refractivity contribution in [2.75, 3.05) is 30.3 Å². The first-order chi connectivity index (χ1) is 17.4. The molecule has 0 aliphatic carbocycles. The van der Waals surface area contributed by atoms with Crippen molar-refractivity contribution in [3.8, 4) is 0 Å². The van der Waals surface area contributed by atoms with Gasteiger partial charge in [-0.1, -0.05) is 42.0 Å². The first-order valence-corrected chi connectivity index (χ1v) is 12.0. The van der Waals surface area contributed by atoms with Crippen LogP contribution >= 0.6 is 11.6 Å². The highest BCUT2D eigenvalue weighted by Gasteiger charge is 2.30. The highest BCUT2D eigenvalue weighted by molar-refractivity contribution is 6.30. The van der Waals surface area contributed by atoms with Gasteiger partial charge in [0.1, 0.15) is 6.54 Å². The second-order valence-corrected chi connectivity index (χ2v) is 9.35. The molecule has 2 N–H and O–H groups in total. The molecule has 3 aromatic carbocycles. The van der Waals surface area contributed by atoms with Crippen molar-refractivity contribution in [3.63, 3.8) is 0 Å². The minimum absolute atomic E-state index is 0.0214. The van der Waals surface area contributed by atoms with E-state index in [2.05, 4.69) is 0 Å². The zero-order valence-corrected chi connectivity index (χ0v) is 20.3. The number of nitrogens with two attached hydrogens (primary N) is 1. The van der Waals surface area contributed by atoms with Gasteiger partial charge in [0.25, 0.3) is 11.8 Å². The van der Waals surface area contributed by atoms with Crippen LogP contribution < -0.4 is 10.6 Å². The van der Waals surface area contributed by atoms with Crippen LogP contribution in [0.15, 0.2) is 78.9 Å². The Morgan fingerprint density at radius 2 is 1.42 bits per heavy atom. The number of amides is 3. The molecule has 182 valence electrons. The summed E-state index contributed by atoms with van der Waals surface area (Å²) in [5, 5.41) is 0.537. The Labute approximate surface area is 214 Å². The number of hydrogen-bond donors (Lipinski definition) is 1. The first-order valence-electron chi connectivity index (χ1n) is 11.7. The third-order valence-corrected chi connectivity index (χ3v) is 6.67. The van der Waals surface area contributed by atoms with Crippen molar-refractivity contribution < 1.29 is 14.4 Å². The van der Waals surface area contributed by atoms with Crippen LogP contribution in [0.4, 0.5) is 11.4 Å². The van der Waals surface area contributed by atoms with Gasteiger partial charge in [0.15, 0.2) is 0 Å². The van der Waals surface area contributed by atoms with Gasteiger partial charge in [-0.2, -0.15) is 0 Å². The minimum Gasteiger partial charge on any atom is -0.399 e. The Morgan fingerprint density at radius 1 is 0.806 bits per heavy atom. The lowest BCUT2D eigenvalue weighted by Gasteiger charge is -2.24. The van der Waals surface area contributed by atoms with Crippen LogP contribution in [0.1, 0.15) is 31.8 Å². The lowest BCUT2D eigenvalue weighted by Crippen LogP contribution is -2.39. The fraction of sp³-hybridized carbons (Fsp3) is 0.179. The van der Waals surface area contributed by atoms with Crippen LogP contribution in [0.2, 0.25) is 5.02 Å². The summed E-state index contributed by atoms with van der Waals surface area (Å²) in [6.07, 6.45) is 3.95.